The molecule has 22 heavy (non-hydrogen) atoms. The minimum Gasteiger partial charge on any atom is -0.274 e. The number of amides is 2. The fraction of sp³-hybridized carbons (Fsp3) is 0.467. The van der Waals surface area contributed by atoms with Gasteiger partial charge in [-0.3, -0.25) is 9.59 Å². The molecular formula is C15H11Br2Cl2NO2. The second-order valence-corrected chi connectivity index (χ2v) is 9.13. The molecule has 3 nitrogen and oxygen atoms in total. The number of fused-ring (bicyclic) bond motifs is 5. The van der Waals surface area contributed by atoms with Gasteiger partial charge in [0.2, 0.25) is 11.8 Å². The highest BCUT2D eigenvalue weighted by Crippen LogP contribution is 2.60. The Kier molecular flexibility index (Phi) is 3.65. The first-order valence-corrected chi connectivity index (χ1v) is 9.61. The molecule has 1 aliphatic heterocycles. The van der Waals surface area contributed by atoms with Crippen LogP contribution in [-0.4, -0.2) is 21.5 Å². The summed E-state index contributed by atoms with van der Waals surface area (Å²) in [5.74, 6) is -0.290. The first-order chi connectivity index (χ1) is 10.4. The number of halogens is 4. The molecule has 2 bridgehead atoms. The molecule has 2 saturated carbocycles. The number of benzene rings is 1. The predicted octanol–water partition coefficient (Wildman–Crippen LogP) is 4.28. The third-order valence-corrected chi connectivity index (χ3v) is 8.74. The lowest BCUT2D eigenvalue weighted by Crippen LogP contribution is -2.37. The zero-order valence-electron chi connectivity index (χ0n) is 11.2. The first kappa shape index (κ1) is 15.4. The van der Waals surface area contributed by atoms with Crippen molar-refractivity contribution in [2.24, 2.45) is 23.7 Å². The number of carbonyl (C=O) groups is 2. The smallest absolute Gasteiger partial charge is 0.238 e. The van der Waals surface area contributed by atoms with Crippen molar-refractivity contribution in [3.63, 3.8) is 0 Å². The van der Waals surface area contributed by atoms with Crippen LogP contribution in [0.5, 0.6) is 0 Å². The van der Waals surface area contributed by atoms with E-state index >= 15 is 0 Å². The van der Waals surface area contributed by atoms with Gasteiger partial charge in [-0.15, -0.1) is 0 Å². The van der Waals surface area contributed by atoms with Crippen LogP contribution in [0.2, 0.25) is 10.0 Å². The number of nitrogens with zero attached hydrogens (tertiary/aromatic N) is 1. The standard InChI is InChI=1S/C15H11Br2Cl2NO2/c16-12-8-4-9(13(12)17)11-10(8)14(21)20(15(11)22)7-2-5(18)1-6(19)3-7/h1-3,8-13H,4H2/t8-,9+,10-,11-,12+,13+/m0/s1. The van der Waals surface area contributed by atoms with Crippen LogP contribution in [0.15, 0.2) is 18.2 Å². The maximum absolute atomic E-state index is 12.8. The minimum absolute atomic E-state index is 0.121. The van der Waals surface area contributed by atoms with Gasteiger partial charge in [0.05, 0.1) is 17.5 Å². The molecule has 0 N–H and O–H groups in total. The van der Waals surface area contributed by atoms with Gasteiger partial charge < -0.3 is 0 Å². The van der Waals surface area contributed by atoms with E-state index in [1.54, 1.807) is 18.2 Å². The number of imide groups is 1. The van der Waals surface area contributed by atoms with Crippen molar-refractivity contribution < 1.29 is 9.59 Å². The molecule has 6 atom stereocenters. The van der Waals surface area contributed by atoms with Crippen LogP contribution in [0, 0.1) is 23.7 Å². The Hall–Kier alpha value is -0.100. The molecule has 4 rings (SSSR count). The Morgan fingerprint density at radius 3 is 1.82 bits per heavy atom. The van der Waals surface area contributed by atoms with E-state index in [2.05, 4.69) is 31.9 Å². The lowest BCUT2D eigenvalue weighted by atomic mass is 9.81. The summed E-state index contributed by atoms with van der Waals surface area (Å²) in [5, 5.41) is 0.833. The fourth-order valence-corrected chi connectivity index (χ4v) is 6.66. The topological polar surface area (TPSA) is 37.4 Å². The van der Waals surface area contributed by atoms with Gasteiger partial charge in [-0.2, -0.15) is 0 Å². The van der Waals surface area contributed by atoms with Crippen LogP contribution >= 0.6 is 55.1 Å². The predicted molar refractivity (Wildman–Crippen MR) is 93.0 cm³/mol. The zero-order chi connectivity index (χ0) is 15.8. The summed E-state index contributed by atoms with van der Waals surface area (Å²) in [4.78, 5) is 27.4. The van der Waals surface area contributed by atoms with Gasteiger partial charge in [0.25, 0.3) is 0 Å². The van der Waals surface area contributed by atoms with Gasteiger partial charge in [-0.25, -0.2) is 4.90 Å². The lowest BCUT2D eigenvalue weighted by Gasteiger charge is -2.28. The highest BCUT2D eigenvalue weighted by molar-refractivity contribution is 9.12. The molecule has 1 heterocycles. The van der Waals surface area contributed by atoms with Gasteiger partial charge in [0.15, 0.2) is 0 Å². The first-order valence-electron chi connectivity index (χ1n) is 7.02. The summed E-state index contributed by atoms with van der Waals surface area (Å²) in [5.41, 5.74) is 0.471. The molecule has 0 radical (unpaired) electrons. The van der Waals surface area contributed by atoms with Crippen LogP contribution < -0.4 is 4.90 Å². The van der Waals surface area contributed by atoms with Crippen molar-refractivity contribution in [3.05, 3.63) is 28.2 Å². The van der Waals surface area contributed by atoms with Crippen LogP contribution in [0.4, 0.5) is 5.69 Å². The summed E-state index contributed by atoms with van der Waals surface area (Å²) in [6.07, 6.45) is 0.919. The monoisotopic (exact) mass is 465 g/mol. The van der Waals surface area contributed by atoms with Crippen molar-refractivity contribution >= 4 is 72.6 Å². The van der Waals surface area contributed by atoms with Crippen LogP contribution in [0.25, 0.3) is 0 Å². The van der Waals surface area contributed by atoms with Gasteiger partial charge in [0, 0.05) is 19.7 Å². The Morgan fingerprint density at radius 2 is 1.36 bits per heavy atom. The molecule has 3 fully saturated rings. The number of hydrogen-bond donors (Lipinski definition) is 0. The summed E-state index contributed by atoms with van der Waals surface area (Å²) in [7, 11) is 0. The summed E-state index contributed by atoms with van der Waals surface area (Å²) in [6.45, 7) is 0. The van der Waals surface area contributed by atoms with Gasteiger partial charge in [-0.1, -0.05) is 55.1 Å². The van der Waals surface area contributed by atoms with E-state index in [1.807, 2.05) is 0 Å². The van der Waals surface area contributed by atoms with E-state index in [0.717, 1.165) is 6.42 Å². The Balaban J connectivity index is 1.76. The molecule has 1 aromatic rings. The quantitative estimate of drug-likeness (QED) is 0.457. The molecule has 2 amide bonds. The van der Waals surface area contributed by atoms with E-state index in [4.69, 9.17) is 23.2 Å². The molecule has 0 unspecified atom stereocenters. The molecule has 3 aliphatic rings. The van der Waals surface area contributed by atoms with Crippen molar-refractivity contribution in [3.8, 4) is 0 Å². The van der Waals surface area contributed by atoms with Crippen molar-refractivity contribution in [2.75, 3.05) is 4.90 Å². The maximum atomic E-state index is 12.8. The van der Waals surface area contributed by atoms with Gasteiger partial charge in [-0.05, 0) is 36.5 Å². The second kappa shape index (κ2) is 5.20. The van der Waals surface area contributed by atoms with Crippen LogP contribution in [-0.2, 0) is 9.59 Å². The molecular weight excluding hydrogens is 457 g/mol. The molecule has 7 heteroatoms. The summed E-state index contributed by atoms with van der Waals surface area (Å²) in [6, 6.07) is 4.82. The third kappa shape index (κ3) is 1.98. The Morgan fingerprint density at radius 1 is 0.909 bits per heavy atom. The second-order valence-electron chi connectivity index (χ2n) is 6.14. The largest absolute Gasteiger partial charge is 0.274 e. The van der Waals surface area contributed by atoms with Crippen molar-refractivity contribution in [1.29, 1.82) is 0 Å². The SMILES string of the molecule is O=C1[C@H]2[C@@H]3C[C@@H]([C@@H](Br)[C@@H]3Br)[C@@H]2C(=O)N1c1cc(Cl)cc(Cl)c1. The number of carbonyl (C=O) groups excluding carboxylic acids is 2. The van der Waals surface area contributed by atoms with Crippen LogP contribution in [0.3, 0.4) is 0 Å². The van der Waals surface area contributed by atoms with E-state index in [9.17, 15) is 9.59 Å². The van der Waals surface area contributed by atoms with Gasteiger partial charge >= 0.3 is 0 Å². The number of anilines is 1. The highest BCUT2D eigenvalue weighted by atomic mass is 79.9. The molecule has 2 aliphatic carbocycles. The molecule has 0 aromatic heterocycles. The average molecular weight is 468 g/mol. The van der Waals surface area contributed by atoms with E-state index in [-0.39, 0.29) is 45.1 Å². The number of hydrogen-bond acceptors (Lipinski definition) is 2. The average Bonchev–Trinajstić information content (AvgIpc) is 3.03. The summed E-state index contributed by atoms with van der Waals surface area (Å²) < 4.78 is 0. The van der Waals surface area contributed by atoms with Crippen molar-refractivity contribution in [2.45, 2.75) is 16.1 Å². The molecule has 1 saturated heterocycles. The highest BCUT2D eigenvalue weighted by Gasteiger charge is 2.66. The number of alkyl halides is 2. The molecule has 0 spiro atoms. The molecule has 116 valence electrons. The Labute approximate surface area is 154 Å². The van der Waals surface area contributed by atoms with Crippen LogP contribution in [0.1, 0.15) is 6.42 Å². The van der Waals surface area contributed by atoms with Crippen molar-refractivity contribution in [1.82, 2.24) is 0 Å². The van der Waals surface area contributed by atoms with Gasteiger partial charge in [0.1, 0.15) is 0 Å². The normalized spacial score (nSPS) is 39.7. The third-order valence-electron chi connectivity index (χ3n) is 5.09. The summed E-state index contributed by atoms with van der Waals surface area (Å²) >= 11 is 19.4. The minimum atomic E-state index is -0.228. The Bertz CT molecular complexity index is 646. The van der Waals surface area contributed by atoms with E-state index in [1.165, 1.54) is 4.90 Å². The lowest BCUT2D eigenvalue weighted by molar-refractivity contribution is -0.123. The van der Waals surface area contributed by atoms with E-state index < -0.39 is 0 Å². The van der Waals surface area contributed by atoms with E-state index in [0.29, 0.717) is 15.7 Å². The zero-order valence-corrected chi connectivity index (χ0v) is 15.9. The maximum Gasteiger partial charge on any atom is 0.238 e. The molecule has 1 aromatic carbocycles. The fourth-order valence-electron chi connectivity index (χ4n) is 4.27. The number of rotatable bonds is 1.